The molecule has 0 spiro atoms. The highest BCUT2D eigenvalue weighted by Gasteiger charge is 2.33. The number of rotatable bonds is 3. The monoisotopic (exact) mass is 317 g/mol. The van der Waals surface area contributed by atoms with Crippen molar-refractivity contribution in [1.29, 1.82) is 0 Å². The Labute approximate surface area is 134 Å². The number of anilines is 1. The molecule has 1 aromatic rings. The molecule has 0 bridgehead atoms. The van der Waals surface area contributed by atoms with E-state index in [-0.39, 0.29) is 19.1 Å². The minimum absolute atomic E-state index is 0.0287. The van der Waals surface area contributed by atoms with Gasteiger partial charge in [0.25, 0.3) is 5.91 Å². The summed E-state index contributed by atoms with van der Waals surface area (Å²) < 4.78 is 5.16. The Balaban J connectivity index is 1.76. The molecule has 2 heterocycles. The molecule has 1 atom stereocenters. The molecule has 1 aromatic carbocycles. The van der Waals surface area contributed by atoms with Gasteiger partial charge in [0.2, 0.25) is 0 Å². The highest BCUT2D eigenvalue weighted by molar-refractivity contribution is 5.97. The predicted octanol–water partition coefficient (Wildman–Crippen LogP) is 1.20. The number of carboxylic acids is 1. The SMILES string of the molecule is CC1=NN(c2ccc(C(=O)N3CCOC[C@@H]3C(=O)O)cc2)CC1. The van der Waals surface area contributed by atoms with Crippen LogP contribution < -0.4 is 5.01 Å². The Hall–Kier alpha value is -2.41. The summed E-state index contributed by atoms with van der Waals surface area (Å²) >= 11 is 0. The number of carbonyl (C=O) groups is 2. The third-order valence-electron chi connectivity index (χ3n) is 4.06. The number of morpholine rings is 1. The smallest absolute Gasteiger partial charge is 0.328 e. The second-order valence-corrected chi connectivity index (χ2v) is 5.68. The normalized spacial score (nSPS) is 21.3. The third-order valence-corrected chi connectivity index (χ3v) is 4.06. The van der Waals surface area contributed by atoms with Crippen LogP contribution in [0.1, 0.15) is 23.7 Å². The van der Waals surface area contributed by atoms with Crippen molar-refractivity contribution < 1.29 is 19.4 Å². The van der Waals surface area contributed by atoms with Gasteiger partial charge in [0.05, 0.1) is 18.9 Å². The first kappa shape index (κ1) is 15.5. The first-order valence-electron chi connectivity index (χ1n) is 7.59. The molecule has 7 heteroatoms. The molecular formula is C16H19N3O4. The van der Waals surface area contributed by atoms with E-state index in [0.717, 1.165) is 24.4 Å². The molecule has 1 N–H and O–H groups in total. The number of benzene rings is 1. The summed E-state index contributed by atoms with van der Waals surface area (Å²) in [7, 11) is 0. The van der Waals surface area contributed by atoms with Gasteiger partial charge in [-0.05, 0) is 31.2 Å². The topological polar surface area (TPSA) is 82.4 Å². The summed E-state index contributed by atoms with van der Waals surface area (Å²) in [4.78, 5) is 25.2. The number of hydrogen-bond acceptors (Lipinski definition) is 5. The van der Waals surface area contributed by atoms with Gasteiger partial charge < -0.3 is 14.7 Å². The van der Waals surface area contributed by atoms with Crippen LogP contribution in [0.15, 0.2) is 29.4 Å². The van der Waals surface area contributed by atoms with E-state index in [9.17, 15) is 14.7 Å². The zero-order valence-electron chi connectivity index (χ0n) is 12.9. The summed E-state index contributed by atoms with van der Waals surface area (Å²) in [5.41, 5.74) is 2.49. The molecule has 1 amide bonds. The first-order chi connectivity index (χ1) is 11.1. The van der Waals surface area contributed by atoms with Crippen LogP contribution in [-0.2, 0) is 9.53 Å². The molecular weight excluding hydrogens is 298 g/mol. The minimum Gasteiger partial charge on any atom is -0.480 e. The maximum atomic E-state index is 12.6. The average molecular weight is 317 g/mol. The van der Waals surface area contributed by atoms with E-state index in [0.29, 0.717) is 12.2 Å². The molecule has 23 heavy (non-hydrogen) atoms. The summed E-state index contributed by atoms with van der Waals surface area (Å²) in [5, 5.41) is 15.5. The van der Waals surface area contributed by atoms with Crippen LogP contribution in [0.5, 0.6) is 0 Å². The van der Waals surface area contributed by atoms with Crippen LogP contribution in [0, 0.1) is 0 Å². The lowest BCUT2D eigenvalue weighted by molar-refractivity contribution is -0.147. The fraction of sp³-hybridized carbons (Fsp3) is 0.438. The molecule has 7 nitrogen and oxygen atoms in total. The molecule has 0 radical (unpaired) electrons. The molecule has 0 saturated carbocycles. The Morgan fingerprint density at radius 2 is 2.00 bits per heavy atom. The van der Waals surface area contributed by atoms with E-state index in [1.54, 1.807) is 12.1 Å². The third kappa shape index (κ3) is 3.19. The number of carboxylic acid groups (broad SMARTS) is 1. The van der Waals surface area contributed by atoms with E-state index < -0.39 is 12.0 Å². The van der Waals surface area contributed by atoms with Crippen LogP contribution in [0.3, 0.4) is 0 Å². The Morgan fingerprint density at radius 3 is 2.61 bits per heavy atom. The molecule has 122 valence electrons. The molecule has 2 aliphatic heterocycles. The van der Waals surface area contributed by atoms with E-state index in [1.165, 1.54) is 4.90 Å². The second-order valence-electron chi connectivity index (χ2n) is 5.68. The zero-order valence-corrected chi connectivity index (χ0v) is 12.9. The summed E-state index contributed by atoms with van der Waals surface area (Å²) in [6, 6.07) is 6.18. The number of nitrogens with zero attached hydrogens (tertiary/aromatic N) is 3. The lowest BCUT2D eigenvalue weighted by Crippen LogP contribution is -2.52. The lowest BCUT2D eigenvalue weighted by atomic mass is 10.1. The van der Waals surface area contributed by atoms with Crippen molar-refractivity contribution in [2.75, 3.05) is 31.3 Å². The van der Waals surface area contributed by atoms with E-state index >= 15 is 0 Å². The van der Waals surface area contributed by atoms with Crippen LogP contribution in [0.4, 0.5) is 5.69 Å². The number of hydrogen-bond donors (Lipinski definition) is 1. The van der Waals surface area contributed by atoms with Crippen molar-refractivity contribution in [2.45, 2.75) is 19.4 Å². The van der Waals surface area contributed by atoms with Crippen LogP contribution in [0.2, 0.25) is 0 Å². The van der Waals surface area contributed by atoms with Crippen molar-refractivity contribution in [2.24, 2.45) is 5.10 Å². The minimum atomic E-state index is -1.04. The second kappa shape index (κ2) is 6.37. The quantitative estimate of drug-likeness (QED) is 0.906. The fourth-order valence-corrected chi connectivity index (χ4v) is 2.75. The highest BCUT2D eigenvalue weighted by Crippen LogP contribution is 2.21. The van der Waals surface area contributed by atoms with Gasteiger partial charge in [0.15, 0.2) is 6.04 Å². The van der Waals surface area contributed by atoms with Crippen molar-refractivity contribution in [3.8, 4) is 0 Å². The number of carbonyl (C=O) groups excluding carboxylic acids is 1. The zero-order chi connectivity index (χ0) is 16.4. The van der Waals surface area contributed by atoms with Crippen LogP contribution >= 0.6 is 0 Å². The molecule has 0 aromatic heterocycles. The fourth-order valence-electron chi connectivity index (χ4n) is 2.75. The Kier molecular flexibility index (Phi) is 4.29. The summed E-state index contributed by atoms with van der Waals surface area (Å²) in [5.74, 6) is -1.33. The van der Waals surface area contributed by atoms with Crippen molar-refractivity contribution >= 4 is 23.3 Å². The number of ether oxygens (including phenoxy) is 1. The van der Waals surface area contributed by atoms with Gasteiger partial charge in [-0.1, -0.05) is 0 Å². The van der Waals surface area contributed by atoms with E-state index in [4.69, 9.17) is 4.74 Å². The average Bonchev–Trinajstić information content (AvgIpc) is 3.01. The maximum Gasteiger partial charge on any atom is 0.328 e. The van der Waals surface area contributed by atoms with Crippen LogP contribution in [0.25, 0.3) is 0 Å². The number of amides is 1. The van der Waals surface area contributed by atoms with Crippen molar-refractivity contribution in [1.82, 2.24) is 4.90 Å². The highest BCUT2D eigenvalue weighted by atomic mass is 16.5. The van der Waals surface area contributed by atoms with E-state index in [1.807, 2.05) is 24.1 Å². The van der Waals surface area contributed by atoms with Gasteiger partial charge in [0, 0.05) is 30.8 Å². The molecule has 3 rings (SSSR count). The molecule has 0 unspecified atom stereocenters. The maximum absolute atomic E-state index is 12.6. The Bertz CT molecular complexity index is 641. The van der Waals surface area contributed by atoms with Gasteiger partial charge in [-0.25, -0.2) is 4.79 Å². The van der Waals surface area contributed by atoms with Gasteiger partial charge in [-0.3, -0.25) is 9.80 Å². The number of hydrazone groups is 1. The first-order valence-corrected chi connectivity index (χ1v) is 7.59. The molecule has 2 aliphatic rings. The predicted molar refractivity (Wildman–Crippen MR) is 84.8 cm³/mol. The van der Waals surface area contributed by atoms with Gasteiger partial charge in [0.1, 0.15) is 0 Å². The molecule has 0 aliphatic carbocycles. The number of aliphatic carboxylic acids is 1. The van der Waals surface area contributed by atoms with Crippen molar-refractivity contribution in [3.05, 3.63) is 29.8 Å². The van der Waals surface area contributed by atoms with Crippen LogP contribution in [-0.4, -0.2) is 59.9 Å². The van der Waals surface area contributed by atoms with Gasteiger partial charge >= 0.3 is 5.97 Å². The van der Waals surface area contributed by atoms with Gasteiger partial charge in [-0.2, -0.15) is 5.10 Å². The lowest BCUT2D eigenvalue weighted by Gasteiger charge is -2.32. The standard InChI is InChI=1S/C16H19N3O4/c1-11-6-7-19(17-11)13-4-2-12(3-5-13)15(20)18-8-9-23-10-14(18)16(21)22/h2-5,14H,6-10H2,1H3,(H,21,22)/t14-/m1/s1. The summed E-state index contributed by atoms with van der Waals surface area (Å²) in [6.07, 6.45) is 0.939. The summed E-state index contributed by atoms with van der Waals surface area (Å²) in [6.45, 7) is 3.50. The van der Waals surface area contributed by atoms with Gasteiger partial charge in [-0.15, -0.1) is 0 Å². The largest absolute Gasteiger partial charge is 0.480 e. The molecule has 1 saturated heterocycles. The Morgan fingerprint density at radius 1 is 1.26 bits per heavy atom. The molecule has 1 fully saturated rings. The van der Waals surface area contributed by atoms with Crippen molar-refractivity contribution in [3.63, 3.8) is 0 Å². The van der Waals surface area contributed by atoms with E-state index in [2.05, 4.69) is 5.10 Å².